The van der Waals surface area contributed by atoms with Gasteiger partial charge in [0, 0.05) is 13.1 Å². The summed E-state index contributed by atoms with van der Waals surface area (Å²) in [5.74, 6) is 0. The summed E-state index contributed by atoms with van der Waals surface area (Å²) in [4.78, 5) is 0. The summed E-state index contributed by atoms with van der Waals surface area (Å²) in [6.45, 7) is 17.0. The summed E-state index contributed by atoms with van der Waals surface area (Å²) in [5, 5.41) is 3.25. The van der Waals surface area contributed by atoms with E-state index in [9.17, 15) is 0 Å². The molecule has 1 heterocycles. The molecule has 0 amide bonds. The molecular weight excluding hydrogens is 134 g/mol. The molecule has 0 bridgehead atoms. The van der Waals surface area contributed by atoms with E-state index in [2.05, 4.69) is 32.3 Å². The summed E-state index contributed by atoms with van der Waals surface area (Å²) >= 11 is 0. The molecular formula is C10H23N. The SMILES string of the molecule is C=C.CC.CCC1(C)CNC1. The molecule has 11 heavy (non-hydrogen) atoms. The van der Waals surface area contributed by atoms with Crippen LogP contribution in [0.4, 0.5) is 0 Å². The highest BCUT2D eigenvalue weighted by atomic mass is 15.0. The van der Waals surface area contributed by atoms with Crippen molar-refractivity contribution in [3.05, 3.63) is 13.2 Å². The van der Waals surface area contributed by atoms with Crippen molar-refractivity contribution in [1.29, 1.82) is 0 Å². The molecule has 68 valence electrons. The Kier molecular flexibility index (Phi) is 9.44. The van der Waals surface area contributed by atoms with Gasteiger partial charge in [0.25, 0.3) is 0 Å². The molecule has 1 nitrogen and oxygen atoms in total. The zero-order valence-electron chi connectivity index (χ0n) is 8.54. The molecule has 0 spiro atoms. The van der Waals surface area contributed by atoms with Crippen LogP contribution in [-0.4, -0.2) is 13.1 Å². The first-order valence-corrected chi connectivity index (χ1v) is 4.47. The van der Waals surface area contributed by atoms with Crippen LogP contribution >= 0.6 is 0 Å². The van der Waals surface area contributed by atoms with Crippen molar-refractivity contribution < 1.29 is 0 Å². The van der Waals surface area contributed by atoms with Gasteiger partial charge in [0.2, 0.25) is 0 Å². The molecule has 0 aliphatic carbocycles. The standard InChI is InChI=1S/C6H13N.C2H6.C2H4/c1-3-6(2)4-7-5-6;2*1-2/h7H,3-5H2,1-2H3;1-2H3;1-2H2. The highest BCUT2D eigenvalue weighted by Gasteiger charge is 2.28. The van der Waals surface area contributed by atoms with E-state index in [1.54, 1.807) is 0 Å². The molecule has 0 unspecified atom stereocenters. The topological polar surface area (TPSA) is 12.0 Å². The van der Waals surface area contributed by atoms with Crippen LogP contribution in [0.15, 0.2) is 13.2 Å². The first-order valence-electron chi connectivity index (χ1n) is 4.47. The van der Waals surface area contributed by atoms with Gasteiger partial charge in [-0.25, -0.2) is 0 Å². The van der Waals surface area contributed by atoms with Crippen LogP contribution in [0.5, 0.6) is 0 Å². The minimum absolute atomic E-state index is 0.653. The van der Waals surface area contributed by atoms with E-state index < -0.39 is 0 Å². The maximum atomic E-state index is 3.25. The fourth-order valence-electron chi connectivity index (χ4n) is 0.802. The number of hydrogen-bond donors (Lipinski definition) is 1. The molecule has 0 atom stereocenters. The number of hydrogen-bond acceptors (Lipinski definition) is 1. The van der Waals surface area contributed by atoms with Crippen LogP contribution in [-0.2, 0) is 0 Å². The average Bonchev–Trinajstić information content (AvgIpc) is 2.08. The zero-order chi connectivity index (χ0) is 9.33. The lowest BCUT2D eigenvalue weighted by Gasteiger charge is -2.38. The highest BCUT2D eigenvalue weighted by Crippen LogP contribution is 2.24. The second kappa shape index (κ2) is 7.80. The molecule has 1 fully saturated rings. The van der Waals surface area contributed by atoms with Gasteiger partial charge in [-0.3, -0.25) is 0 Å². The van der Waals surface area contributed by atoms with E-state index in [0.29, 0.717) is 5.41 Å². The lowest BCUT2D eigenvalue weighted by molar-refractivity contribution is 0.189. The predicted octanol–water partition coefficient (Wildman–Crippen LogP) is 2.83. The minimum Gasteiger partial charge on any atom is -0.316 e. The van der Waals surface area contributed by atoms with Gasteiger partial charge in [0.1, 0.15) is 0 Å². The highest BCUT2D eigenvalue weighted by molar-refractivity contribution is 4.86. The molecule has 0 radical (unpaired) electrons. The van der Waals surface area contributed by atoms with Crippen LogP contribution in [0.1, 0.15) is 34.1 Å². The molecule has 1 heteroatoms. The van der Waals surface area contributed by atoms with Gasteiger partial charge in [-0.1, -0.05) is 27.7 Å². The van der Waals surface area contributed by atoms with Crippen LogP contribution in [0, 0.1) is 5.41 Å². The molecule has 0 aromatic rings. The summed E-state index contributed by atoms with van der Waals surface area (Å²) in [5.41, 5.74) is 0.653. The Morgan fingerprint density at radius 1 is 1.27 bits per heavy atom. The van der Waals surface area contributed by atoms with Crippen molar-refractivity contribution >= 4 is 0 Å². The van der Waals surface area contributed by atoms with Crippen LogP contribution in [0.2, 0.25) is 0 Å². The fraction of sp³-hybridized carbons (Fsp3) is 0.800. The normalized spacial score (nSPS) is 17.8. The largest absolute Gasteiger partial charge is 0.316 e. The van der Waals surface area contributed by atoms with Gasteiger partial charge in [-0.05, 0) is 11.8 Å². The first-order chi connectivity index (χ1) is 5.27. The Labute approximate surface area is 71.9 Å². The smallest absolute Gasteiger partial charge is 0.00175 e. The van der Waals surface area contributed by atoms with Crippen LogP contribution in [0.3, 0.4) is 0 Å². The maximum Gasteiger partial charge on any atom is 0.00175 e. The van der Waals surface area contributed by atoms with Crippen molar-refractivity contribution in [1.82, 2.24) is 5.32 Å². The third-order valence-corrected chi connectivity index (χ3v) is 1.96. The van der Waals surface area contributed by atoms with E-state index in [-0.39, 0.29) is 0 Å². The van der Waals surface area contributed by atoms with Crippen molar-refractivity contribution in [2.45, 2.75) is 34.1 Å². The third kappa shape index (κ3) is 5.02. The van der Waals surface area contributed by atoms with E-state index in [0.717, 1.165) is 0 Å². The number of rotatable bonds is 1. The summed E-state index contributed by atoms with van der Waals surface area (Å²) in [7, 11) is 0. The quantitative estimate of drug-likeness (QED) is 0.577. The second-order valence-electron chi connectivity index (χ2n) is 2.77. The summed E-state index contributed by atoms with van der Waals surface area (Å²) in [6.07, 6.45) is 1.32. The van der Waals surface area contributed by atoms with E-state index in [1.807, 2.05) is 13.8 Å². The molecule has 1 N–H and O–H groups in total. The Balaban J connectivity index is 0. The van der Waals surface area contributed by atoms with Crippen LogP contribution < -0.4 is 5.32 Å². The molecule has 1 rings (SSSR count). The Bertz CT molecular complexity index is 69.4. The van der Waals surface area contributed by atoms with Crippen molar-refractivity contribution in [3.63, 3.8) is 0 Å². The Hall–Kier alpha value is -0.300. The summed E-state index contributed by atoms with van der Waals surface area (Å²) < 4.78 is 0. The predicted molar refractivity (Wildman–Crippen MR) is 53.9 cm³/mol. The summed E-state index contributed by atoms with van der Waals surface area (Å²) in [6, 6.07) is 0. The Morgan fingerprint density at radius 2 is 1.64 bits per heavy atom. The van der Waals surface area contributed by atoms with Crippen molar-refractivity contribution in [2.75, 3.05) is 13.1 Å². The lowest BCUT2D eigenvalue weighted by atomic mass is 9.82. The molecule has 1 saturated heterocycles. The second-order valence-corrected chi connectivity index (χ2v) is 2.77. The van der Waals surface area contributed by atoms with Gasteiger partial charge in [0.05, 0.1) is 0 Å². The lowest BCUT2D eigenvalue weighted by Crippen LogP contribution is -2.50. The van der Waals surface area contributed by atoms with Gasteiger partial charge >= 0.3 is 0 Å². The molecule has 1 aliphatic rings. The van der Waals surface area contributed by atoms with Crippen molar-refractivity contribution in [2.24, 2.45) is 5.41 Å². The van der Waals surface area contributed by atoms with Gasteiger partial charge in [-0.15, -0.1) is 13.2 Å². The van der Waals surface area contributed by atoms with Gasteiger partial charge < -0.3 is 5.32 Å². The van der Waals surface area contributed by atoms with E-state index in [1.165, 1.54) is 19.5 Å². The van der Waals surface area contributed by atoms with Gasteiger partial charge in [0.15, 0.2) is 0 Å². The monoisotopic (exact) mass is 157 g/mol. The maximum absolute atomic E-state index is 3.25. The third-order valence-electron chi connectivity index (χ3n) is 1.96. The van der Waals surface area contributed by atoms with Crippen LogP contribution in [0.25, 0.3) is 0 Å². The van der Waals surface area contributed by atoms with Gasteiger partial charge in [-0.2, -0.15) is 0 Å². The molecule has 1 aliphatic heterocycles. The number of nitrogens with one attached hydrogen (secondary N) is 1. The molecule has 0 aromatic heterocycles. The van der Waals surface area contributed by atoms with E-state index >= 15 is 0 Å². The van der Waals surface area contributed by atoms with Crippen molar-refractivity contribution in [3.8, 4) is 0 Å². The van der Waals surface area contributed by atoms with E-state index in [4.69, 9.17) is 0 Å². The average molecular weight is 157 g/mol. The molecule has 0 saturated carbocycles. The fourth-order valence-corrected chi connectivity index (χ4v) is 0.802. The zero-order valence-corrected chi connectivity index (χ0v) is 8.54. The minimum atomic E-state index is 0.653. The first kappa shape index (κ1) is 13.3. The Morgan fingerprint density at radius 3 is 1.64 bits per heavy atom. The molecule has 0 aromatic carbocycles.